The van der Waals surface area contributed by atoms with Crippen molar-refractivity contribution in [3.05, 3.63) is 59.9 Å². The number of ether oxygens (including phenoxy) is 2. The molecule has 1 amide bonds. The molecule has 0 saturated heterocycles. The maximum Gasteiger partial charge on any atom is 0.344 e. The van der Waals surface area contributed by atoms with Gasteiger partial charge in [-0.05, 0) is 36.4 Å². The Morgan fingerprint density at radius 2 is 1.68 bits per heavy atom. The number of nitrogens with one attached hydrogen (secondary N) is 1. The summed E-state index contributed by atoms with van der Waals surface area (Å²) in [5, 5.41) is 2.58. The van der Waals surface area contributed by atoms with Crippen LogP contribution in [0.25, 0.3) is 0 Å². The highest BCUT2D eigenvalue weighted by atomic mass is 19.1. The summed E-state index contributed by atoms with van der Waals surface area (Å²) in [4.78, 5) is 34.4. The number of para-hydroxylation sites is 1. The molecule has 0 aliphatic heterocycles. The van der Waals surface area contributed by atoms with Crippen LogP contribution in [0.3, 0.4) is 0 Å². The number of esters is 1. The SMILES string of the molecule is CC(=O)Nc1ccc(C(=O)COC(=O)COc2ccccc2F)cc1. The lowest BCUT2D eigenvalue weighted by Gasteiger charge is -2.08. The van der Waals surface area contributed by atoms with Gasteiger partial charge in [-0.1, -0.05) is 12.1 Å². The molecule has 0 heterocycles. The van der Waals surface area contributed by atoms with Crippen molar-refractivity contribution < 1.29 is 28.2 Å². The molecule has 0 saturated carbocycles. The molecule has 130 valence electrons. The van der Waals surface area contributed by atoms with Crippen molar-refractivity contribution in [1.29, 1.82) is 0 Å². The van der Waals surface area contributed by atoms with Crippen LogP contribution >= 0.6 is 0 Å². The van der Waals surface area contributed by atoms with Gasteiger partial charge in [-0.25, -0.2) is 9.18 Å². The smallest absolute Gasteiger partial charge is 0.344 e. The zero-order valence-corrected chi connectivity index (χ0v) is 13.5. The summed E-state index contributed by atoms with van der Waals surface area (Å²) in [5.41, 5.74) is 0.885. The molecule has 0 aliphatic carbocycles. The molecule has 0 fully saturated rings. The van der Waals surface area contributed by atoms with Gasteiger partial charge in [0.15, 0.2) is 30.6 Å². The molecule has 0 aromatic heterocycles. The highest BCUT2D eigenvalue weighted by molar-refractivity contribution is 5.98. The normalized spacial score (nSPS) is 10.0. The van der Waals surface area contributed by atoms with Crippen LogP contribution in [0.1, 0.15) is 17.3 Å². The van der Waals surface area contributed by atoms with Gasteiger partial charge in [-0.3, -0.25) is 9.59 Å². The summed E-state index contributed by atoms with van der Waals surface area (Å²) >= 11 is 0. The number of Topliss-reactive ketones (excluding diaryl/α,β-unsaturated/α-hetero) is 1. The topological polar surface area (TPSA) is 81.7 Å². The minimum Gasteiger partial charge on any atom is -0.479 e. The van der Waals surface area contributed by atoms with Crippen LogP contribution in [-0.4, -0.2) is 30.9 Å². The first kappa shape index (κ1) is 18.1. The number of anilines is 1. The third kappa shape index (κ3) is 5.72. The van der Waals surface area contributed by atoms with Crippen molar-refractivity contribution in [1.82, 2.24) is 0 Å². The second kappa shape index (κ2) is 8.58. The largest absolute Gasteiger partial charge is 0.479 e. The lowest BCUT2D eigenvalue weighted by molar-refractivity contribution is -0.144. The Labute approximate surface area is 143 Å². The molecule has 0 unspecified atom stereocenters. The second-order valence-corrected chi connectivity index (χ2v) is 5.06. The Hall–Kier alpha value is -3.22. The summed E-state index contributed by atoms with van der Waals surface area (Å²) in [6.07, 6.45) is 0. The van der Waals surface area contributed by atoms with Crippen LogP contribution in [0.5, 0.6) is 5.75 Å². The van der Waals surface area contributed by atoms with E-state index in [4.69, 9.17) is 9.47 Å². The van der Waals surface area contributed by atoms with E-state index >= 15 is 0 Å². The van der Waals surface area contributed by atoms with Gasteiger partial charge in [0, 0.05) is 18.2 Å². The highest BCUT2D eigenvalue weighted by Crippen LogP contribution is 2.15. The van der Waals surface area contributed by atoms with E-state index in [1.807, 2.05) is 0 Å². The van der Waals surface area contributed by atoms with Crippen molar-refractivity contribution in [2.45, 2.75) is 6.92 Å². The van der Waals surface area contributed by atoms with Gasteiger partial charge in [0.25, 0.3) is 0 Å². The van der Waals surface area contributed by atoms with Crippen molar-refractivity contribution in [3.8, 4) is 5.75 Å². The first-order valence-electron chi connectivity index (χ1n) is 7.39. The fourth-order valence-electron chi connectivity index (χ4n) is 1.91. The standard InChI is InChI=1S/C18H16FNO5/c1-12(21)20-14-8-6-13(7-9-14)16(22)10-25-18(23)11-24-17-5-3-2-4-15(17)19/h2-9H,10-11H2,1H3,(H,20,21). The Bertz CT molecular complexity index is 773. The van der Waals surface area contributed by atoms with Crippen LogP contribution in [0.4, 0.5) is 10.1 Å². The molecule has 0 radical (unpaired) electrons. The van der Waals surface area contributed by atoms with E-state index < -0.39 is 30.8 Å². The summed E-state index contributed by atoms with van der Waals surface area (Å²) in [5.74, 6) is -2.08. The number of ketones is 1. The Kier molecular flexibility index (Phi) is 6.22. The molecule has 0 aliphatic rings. The van der Waals surface area contributed by atoms with Crippen molar-refractivity contribution in [2.24, 2.45) is 0 Å². The molecule has 6 nitrogen and oxygen atoms in total. The molecule has 2 rings (SSSR count). The van der Waals surface area contributed by atoms with E-state index in [9.17, 15) is 18.8 Å². The van der Waals surface area contributed by atoms with Crippen LogP contribution in [0, 0.1) is 5.82 Å². The van der Waals surface area contributed by atoms with E-state index in [0.717, 1.165) is 0 Å². The number of hydrogen-bond acceptors (Lipinski definition) is 5. The third-order valence-corrected chi connectivity index (χ3v) is 3.07. The van der Waals surface area contributed by atoms with Crippen molar-refractivity contribution in [3.63, 3.8) is 0 Å². The van der Waals surface area contributed by atoms with Gasteiger partial charge in [-0.15, -0.1) is 0 Å². The van der Waals surface area contributed by atoms with Crippen LogP contribution in [0.15, 0.2) is 48.5 Å². The van der Waals surface area contributed by atoms with E-state index in [2.05, 4.69) is 5.32 Å². The molecule has 1 N–H and O–H groups in total. The lowest BCUT2D eigenvalue weighted by atomic mass is 10.1. The van der Waals surface area contributed by atoms with Gasteiger partial charge in [0.2, 0.25) is 5.91 Å². The maximum absolute atomic E-state index is 13.3. The van der Waals surface area contributed by atoms with E-state index in [1.165, 1.54) is 37.3 Å². The molecule has 0 spiro atoms. The predicted octanol–water partition coefficient (Wildman–Crippen LogP) is 2.59. The molecule has 25 heavy (non-hydrogen) atoms. The van der Waals surface area contributed by atoms with E-state index in [1.54, 1.807) is 18.2 Å². The molecular formula is C18H16FNO5. The van der Waals surface area contributed by atoms with Crippen LogP contribution in [-0.2, 0) is 14.3 Å². The van der Waals surface area contributed by atoms with Gasteiger partial charge in [-0.2, -0.15) is 0 Å². The lowest BCUT2D eigenvalue weighted by Crippen LogP contribution is -2.19. The van der Waals surface area contributed by atoms with Crippen molar-refractivity contribution in [2.75, 3.05) is 18.5 Å². The fraction of sp³-hybridized carbons (Fsp3) is 0.167. The zero-order valence-electron chi connectivity index (χ0n) is 13.5. The first-order chi connectivity index (χ1) is 12.0. The molecule has 2 aromatic carbocycles. The quantitative estimate of drug-likeness (QED) is 0.616. The monoisotopic (exact) mass is 345 g/mol. The molecule has 2 aromatic rings. The zero-order chi connectivity index (χ0) is 18.2. The van der Waals surface area contributed by atoms with E-state index in [-0.39, 0.29) is 11.7 Å². The summed E-state index contributed by atoms with van der Waals surface area (Å²) in [7, 11) is 0. The minimum absolute atomic E-state index is 0.0701. The number of hydrogen-bond donors (Lipinski definition) is 1. The average Bonchev–Trinajstić information content (AvgIpc) is 2.59. The number of amides is 1. The van der Waals surface area contributed by atoms with Gasteiger partial charge in [0.05, 0.1) is 0 Å². The highest BCUT2D eigenvalue weighted by Gasteiger charge is 2.12. The van der Waals surface area contributed by atoms with Crippen molar-refractivity contribution >= 4 is 23.3 Å². The molecule has 0 bridgehead atoms. The number of rotatable bonds is 7. The molecular weight excluding hydrogens is 329 g/mol. The van der Waals surface area contributed by atoms with E-state index in [0.29, 0.717) is 11.3 Å². The van der Waals surface area contributed by atoms with Gasteiger partial charge >= 0.3 is 5.97 Å². The predicted molar refractivity (Wildman–Crippen MR) is 87.9 cm³/mol. The summed E-state index contributed by atoms with van der Waals surface area (Å²) < 4.78 is 23.1. The van der Waals surface area contributed by atoms with Crippen LogP contribution < -0.4 is 10.1 Å². The number of benzene rings is 2. The third-order valence-electron chi connectivity index (χ3n) is 3.07. The summed E-state index contributed by atoms with van der Waals surface area (Å²) in [6.45, 7) is 0.413. The molecule has 0 atom stereocenters. The van der Waals surface area contributed by atoms with Crippen LogP contribution in [0.2, 0.25) is 0 Å². The van der Waals surface area contributed by atoms with Gasteiger partial charge < -0.3 is 14.8 Å². The number of halogens is 1. The Morgan fingerprint density at radius 1 is 1.00 bits per heavy atom. The molecule has 7 heteroatoms. The summed E-state index contributed by atoms with van der Waals surface area (Å²) in [6, 6.07) is 11.8. The maximum atomic E-state index is 13.3. The fourth-order valence-corrected chi connectivity index (χ4v) is 1.91. The first-order valence-corrected chi connectivity index (χ1v) is 7.39. The Balaban J connectivity index is 1.80. The minimum atomic E-state index is -0.786. The Morgan fingerprint density at radius 3 is 2.32 bits per heavy atom. The van der Waals surface area contributed by atoms with Gasteiger partial charge in [0.1, 0.15) is 0 Å². The second-order valence-electron chi connectivity index (χ2n) is 5.06. The number of carbonyl (C=O) groups is 3. The average molecular weight is 345 g/mol. The number of carbonyl (C=O) groups excluding carboxylic acids is 3.